The maximum Gasteiger partial charge on any atom is 0.191 e. The molecule has 1 aliphatic carbocycles. The first kappa shape index (κ1) is 19.2. The largest absolute Gasteiger partial charge is 0.393 e. The summed E-state index contributed by atoms with van der Waals surface area (Å²) >= 11 is 0. The zero-order valence-electron chi connectivity index (χ0n) is 16.2. The summed E-state index contributed by atoms with van der Waals surface area (Å²) < 4.78 is 0. The summed E-state index contributed by atoms with van der Waals surface area (Å²) in [7, 11) is 0. The molecule has 1 unspecified atom stereocenters. The molecule has 26 heavy (non-hydrogen) atoms. The Morgan fingerprint density at radius 1 is 1.23 bits per heavy atom. The van der Waals surface area contributed by atoms with Crippen molar-refractivity contribution in [3.05, 3.63) is 35.4 Å². The van der Waals surface area contributed by atoms with Gasteiger partial charge in [0.1, 0.15) is 0 Å². The molecule has 1 atom stereocenters. The molecule has 1 aliphatic heterocycles. The van der Waals surface area contributed by atoms with Gasteiger partial charge in [0.25, 0.3) is 0 Å². The van der Waals surface area contributed by atoms with E-state index in [-0.39, 0.29) is 6.10 Å². The van der Waals surface area contributed by atoms with Crippen LogP contribution in [0.15, 0.2) is 29.3 Å². The smallest absolute Gasteiger partial charge is 0.191 e. The molecule has 5 heteroatoms. The minimum Gasteiger partial charge on any atom is -0.393 e. The molecular weight excluding hydrogens is 324 g/mol. The number of hydrogen-bond donors (Lipinski definition) is 3. The molecule has 0 bridgehead atoms. The van der Waals surface area contributed by atoms with E-state index in [1.807, 2.05) is 0 Å². The molecule has 1 heterocycles. The third-order valence-corrected chi connectivity index (χ3v) is 5.68. The highest BCUT2D eigenvalue weighted by Gasteiger charge is 2.22. The number of fused-ring (bicyclic) bond motifs is 1. The number of nitrogens with zero attached hydrogens (tertiary/aromatic N) is 2. The molecule has 0 saturated heterocycles. The Balaban J connectivity index is 1.53. The summed E-state index contributed by atoms with van der Waals surface area (Å²) in [6.45, 7) is 8.18. The fraction of sp³-hybridized carbons (Fsp3) is 0.667. The average Bonchev–Trinajstić information content (AvgIpc) is 2.67. The number of benzene rings is 1. The van der Waals surface area contributed by atoms with E-state index in [1.54, 1.807) is 0 Å². The number of aliphatic hydroxyl groups is 1. The third-order valence-electron chi connectivity index (χ3n) is 5.68. The lowest BCUT2D eigenvalue weighted by molar-refractivity contribution is 0.120. The molecule has 1 saturated carbocycles. The van der Waals surface area contributed by atoms with Crippen molar-refractivity contribution in [2.75, 3.05) is 19.6 Å². The van der Waals surface area contributed by atoms with Crippen molar-refractivity contribution in [1.82, 2.24) is 15.5 Å². The fourth-order valence-electron chi connectivity index (χ4n) is 3.97. The van der Waals surface area contributed by atoms with E-state index in [9.17, 15) is 5.11 Å². The van der Waals surface area contributed by atoms with E-state index in [0.29, 0.717) is 12.1 Å². The van der Waals surface area contributed by atoms with Crippen molar-refractivity contribution in [2.45, 2.75) is 70.7 Å². The lowest BCUT2D eigenvalue weighted by Crippen LogP contribution is -2.46. The highest BCUT2D eigenvalue weighted by molar-refractivity contribution is 5.80. The molecule has 1 aromatic rings. The Morgan fingerprint density at radius 3 is 2.69 bits per heavy atom. The molecule has 1 fully saturated rings. The second kappa shape index (κ2) is 9.38. The standard InChI is InChI=1S/C21H34N4O/c1-3-22-21(24-19-8-10-20(26)11-9-19)23-14-16(2)25-13-12-17-6-4-5-7-18(17)15-25/h4-7,16,19-20,26H,3,8-15H2,1-2H3,(H2,22,23,24). The van der Waals surface area contributed by atoms with Crippen molar-refractivity contribution >= 4 is 5.96 Å². The van der Waals surface area contributed by atoms with Crippen molar-refractivity contribution in [3.63, 3.8) is 0 Å². The van der Waals surface area contributed by atoms with Crippen molar-refractivity contribution in [3.8, 4) is 0 Å². The second-order valence-corrected chi connectivity index (χ2v) is 7.71. The average molecular weight is 359 g/mol. The molecule has 144 valence electrons. The highest BCUT2D eigenvalue weighted by Crippen LogP contribution is 2.20. The fourth-order valence-corrected chi connectivity index (χ4v) is 3.97. The number of nitrogens with one attached hydrogen (secondary N) is 2. The first-order valence-electron chi connectivity index (χ1n) is 10.2. The zero-order chi connectivity index (χ0) is 18.4. The molecule has 0 spiro atoms. The van der Waals surface area contributed by atoms with Crippen LogP contribution in [-0.4, -0.2) is 53.8 Å². The van der Waals surface area contributed by atoms with Crippen LogP contribution >= 0.6 is 0 Å². The molecule has 3 rings (SSSR count). The van der Waals surface area contributed by atoms with E-state index in [0.717, 1.165) is 64.2 Å². The first-order chi connectivity index (χ1) is 12.7. The maximum absolute atomic E-state index is 9.68. The van der Waals surface area contributed by atoms with Gasteiger partial charge < -0.3 is 15.7 Å². The van der Waals surface area contributed by atoms with E-state index in [2.05, 4.69) is 53.6 Å². The van der Waals surface area contributed by atoms with Crippen LogP contribution in [0, 0.1) is 0 Å². The Hall–Kier alpha value is -1.59. The van der Waals surface area contributed by atoms with Crippen LogP contribution in [-0.2, 0) is 13.0 Å². The summed E-state index contributed by atoms with van der Waals surface area (Å²) in [6.07, 6.45) is 4.83. The third kappa shape index (κ3) is 5.21. The predicted octanol–water partition coefficient (Wildman–Crippen LogP) is 2.29. The Bertz CT molecular complexity index is 595. The lowest BCUT2D eigenvalue weighted by Gasteiger charge is -2.33. The van der Waals surface area contributed by atoms with E-state index >= 15 is 0 Å². The molecule has 0 amide bonds. The van der Waals surface area contributed by atoms with E-state index in [1.165, 1.54) is 11.1 Å². The summed E-state index contributed by atoms with van der Waals surface area (Å²) in [5.41, 5.74) is 2.95. The number of rotatable bonds is 5. The maximum atomic E-state index is 9.68. The van der Waals surface area contributed by atoms with Gasteiger partial charge in [0.05, 0.1) is 12.6 Å². The molecule has 1 aromatic carbocycles. The van der Waals surface area contributed by atoms with E-state index in [4.69, 9.17) is 4.99 Å². The topological polar surface area (TPSA) is 59.9 Å². The lowest BCUT2D eigenvalue weighted by atomic mass is 9.93. The molecule has 2 aliphatic rings. The van der Waals surface area contributed by atoms with Gasteiger partial charge in [-0.15, -0.1) is 0 Å². The SMILES string of the molecule is CCNC(=NCC(C)N1CCc2ccccc2C1)NC1CCC(O)CC1. The summed E-state index contributed by atoms with van der Waals surface area (Å²) in [5.74, 6) is 0.915. The van der Waals surface area contributed by atoms with Crippen molar-refractivity contribution in [2.24, 2.45) is 4.99 Å². The highest BCUT2D eigenvalue weighted by atomic mass is 16.3. The van der Waals surface area contributed by atoms with Gasteiger partial charge in [-0.2, -0.15) is 0 Å². The van der Waals surface area contributed by atoms with Crippen LogP contribution < -0.4 is 10.6 Å². The van der Waals surface area contributed by atoms with Crippen LogP contribution in [0.1, 0.15) is 50.7 Å². The minimum atomic E-state index is -0.116. The number of aliphatic hydroxyl groups excluding tert-OH is 1. The van der Waals surface area contributed by atoms with Crippen LogP contribution in [0.3, 0.4) is 0 Å². The summed E-state index contributed by atoms with van der Waals surface area (Å²) in [5, 5.41) is 16.6. The van der Waals surface area contributed by atoms with Gasteiger partial charge in [0.2, 0.25) is 0 Å². The van der Waals surface area contributed by atoms with E-state index < -0.39 is 0 Å². The van der Waals surface area contributed by atoms with Crippen LogP contribution in [0.4, 0.5) is 0 Å². The normalized spacial score (nSPS) is 25.4. The molecule has 0 radical (unpaired) electrons. The number of hydrogen-bond acceptors (Lipinski definition) is 3. The molecule has 5 nitrogen and oxygen atoms in total. The zero-order valence-corrected chi connectivity index (χ0v) is 16.2. The van der Waals surface area contributed by atoms with Crippen molar-refractivity contribution < 1.29 is 5.11 Å². The van der Waals surface area contributed by atoms with Crippen LogP contribution in [0.25, 0.3) is 0 Å². The van der Waals surface area contributed by atoms with Gasteiger partial charge in [0.15, 0.2) is 5.96 Å². The molecule has 0 aromatic heterocycles. The van der Waals surface area contributed by atoms with Crippen molar-refractivity contribution in [1.29, 1.82) is 0 Å². The van der Waals surface area contributed by atoms with Gasteiger partial charge in [-0.3, -0.25) is 9.89 Å². The number of aliphatic imine (C=N–C) groups is 1. The quantitative estimate of drug-likeness (QED) is 0.558. The summed E-state index contributed by atoms with van der Waals surface area (Å²) in [4.78, 5) is 7.38. The molecule has 3 N–H and O–H groups in total. The minimum absolute atomic E-state index is 0.116. The van der Waals surface area contributed by atoms with Crippen LogP contribution in [0.2, 0.25) is 0 Å². The Kier molecular flexibility index (Phi) is 6.92. The Morgan fingerprint density at radius 2 is 1.96 bits per heavy atom. The van der Waals surface area contributed by atoms with Gasteiger partial charge in [-0.05, 0) is 57.1 Å². The second-order valence-electron chi connectivity index (χ2n) is 7.71. The van der Waals surface area contributed by atoms with Gasteiger partial charge in [-0.25, -0.2) is 0 Å². The Labute approximate surface area is 157 Å². The summed E-state index contributed by atoms with van der Waals surface area (Å²) in [6, 6.07) is 9.63. The first-order valence-corrected chi connectivity index (χ1v) is 10.2. The molecular formula is C21H34N4O. The number of guanidine groups is 1. The predicted molar refractivity (Wildman–Crippen MR) is 107 cm³/mol. The van der Waals surface area contributed by atoms with Gasteiger partial charge in [-0.1, -0.05) is 24.3 Å². The monoisotopic (exact) mass is 358 g/mol. The van der Waals surface area contributed by atoms with Crippen LogP contribution in [0.5, 0.6) is 0 Å². The van der Waals surface area contributed by atoms with Gasteiger partial charge in [0, 0.05) is 31.7 Å². The van der Waals surface area contributed by atoms with Gasteiger partial charge >= 0.3 is 0 Å².